The standard InChI is InChI=1S/C21H14ClN5O2S2/c22-13-5-3-7-15(11-13)31(28,29)19-18-21(26-17-9-2-1-8-16(17)25-18)27(20(19)23)24-12-14-6-4-10-30-14/h1-12H,23H2. The fraction of sp³-hybridized carbons (Fsp3) is 0. The second kappa shape index (κ2) is 7.45. The van der Waals surface area contributed by atoms with Crippen LogP contribution in [0.1, 0.15) is 4.88 Å². The van der Waals surface area contributed by atoms with E-state index in [2.05, 4.69) is 15.1 Å². The summed E-state index contributed by atoms with van der Waals surface area (Å²) in [7, 11) is -4.04. The number of para-hydroxylation sites is 2. The number of nitrogens with zero attached hydrogens (tertiary/aromatic N) is 4. The first-order valence-electron chi connectivity index (χ1n) is 9.10. The lowest BCUT2D eigenvalue weighted by molar-refractivity contribution is 0.597. The third-order valence-corrected chi connectivity index (χ3v) is 7.50. The predicted octanol–water partition coefficient (Wildman–Crippen LogP) is 4.60. The van der Waals surface area contributed by atoms with Crippen LogP contribution in [-0.4, -0.2) is 29.3 Å². The molecule has 0 spiro atoms. The molecular weight excluding hydrogens is 454 g/mol. The van der Waals surface area contributed by atoms with Crippen molar-refractivity contribution in [2.45, 2.75) is 9.79 Å². The number of fused-ring (bicyclic) bond motifs is 2. The highest BCUT2D eigenvalue weighted by Gasteiger charge is 2.30. The Morgan fingerprint density at radius 1 is 1.03 bits per heavy atom. The Hall–Kier alpha value is -3.27. The molecule has 3 heterocycles. The van der Waals surface area contributed by atoms with Crippen molar-refractivity contribution in [3.8, 4) is 0 Å². The first kappa shape index (κ1) is 19.7. The largest absolute Gasteiger partial charge is 0.382 e. The molecule has 2 aromatic carbocycles. The van der Waals surface area contributed by atoms with Gasteiger partial charge in [-0.1, -0.05) is 35.9 Å². The summed E-state index contributed by atoms with van der Waals surface area (Å²) in [5.41, 5.74) is 7.90. The second-order valence-corrected chi connectivity index (χ2v) is 9.93. The van der Waals surface area contributed by atoms with E-state index in [4.69, 9.17) is 17.3 Å². The summed E-state index contributed by atoms with van der Waals surface area (Å²) >= 11 is 7.53. The van der Waals surface area contributed by atoms with Crippen LogP contribution >= 0.6 is 22.9 Å². The van der Waals surface area contributed by atoms with Crippen molar-refractivity contribution in [1.29, 1.82) is 0 Å². The smallest absolute Gasteiger partial charge is 0.212 e. The zero-order valence-electron chi connectivity index (χ0n) is 15.8. The molecule has 31 heavy (non-hydrogen) atoms. The Labute approximate surface area is 186 Å². The van der Waals surface area contributed by atoms with Gasteiger partial charge in [0, 0.05) is 9.90 Å². The molecule has 5 rings (SSSR count). The molecule has 0 radical (unpaired) electrons. The maximum absolute atomic E-state index is 13.5. The quantitative estimate of drug-likeness (QED) is 0.389. The molecule has 0 unspecified atom stereocenters. The minimum atomic E-state index is -4.04. The van der Waals surface area contributed by atoms with Crippen molar-refractivity contribution in [3.05, 3.63) is 75.9 Å². The molecule has 0 amide bonds. The summed E-state index contributed by atoms with van der Waals surface area (Å²) in [6, 6.07) is 17.0. The number of sulfone groups is 1. The van der Waals surface area contributed by atoms with Crippen LogP contribution in [0.25, 0.3) is 22.2 Å². The monoisotopic (exact) mass is 467 g/mol. The maximum atomic E-state index is 13.5. The average molecular weight is 468 g/mol. The van der Waals surface area contributed by atoms with Gasteiger partial charge in [0.2, 0.25) is 9.84 Å². The van der Waals surface area contributed by atoms with E-state index in [0.29, 0.717) is 16.1 Å². The van der Waals surface area contributed by atoms with E-state index >= 15 is 0 Å². The molecule has 0 aliphatic rings. The van der Waals surface area contributed by atoms with Crippen LogP contribution in [-0.2, 0) is 9.84 Å². The van der Waals surface area contributed by atoms with Crippen molar-refractivity contribution < 1.29 is 8.42 Å². The first-order valence-corrected chi connectivity index (χ1v) is 11.8. The summed E-state index contributed by atoms with van der Waals surface area (Å²) in [5.74, 6) is -0.0712. The van der Waals surface area contributed by atoms with E-state index < -0.39 is 9.84 Å². The van der Waals surface area contributed by atoms with Gasteiger partial charge < -0.3 is 5.73 Å². The van der Waals surface area contributed by atoms with Gasteiger partial charge in [0.05, 0.1) is 22.1 Å². The zero-order valence-corrected chi connectivity index (χ0v) is 18.2. The number of nitrogens with two attached hydrogens (primary N) is 1. The van der Waals surface area contributed by atoms with Gasteiger partial charge in [-0.3, -0.25) is 0 Å². The number of rotatable bonds is 4. The number of thiophene rings is 1. The Kier molecular flexibility index (Phi) is 4.73. The SMILES string of the molecule is Nc1c(S(=O)(=O)c2cccc(Cl)c2)c2nc3ccccc3nc2n1N=Cc1cccs1. The van der Waals surface area contributed by atoms with E-state index in [1.807, 2.05) is 29.6 Å². The van der Waals surface area contributed by atoms with E-state index in [0.717, 1.165) is 4.88 Å². The number of nitrogen functional groups attached to an aromatic ring is 1. The Morgan fingerprint density at radius 3 is 2.52 bits per heavy atom. The van der Waals surface area contributed by atoms with Crippen LogP contribution in [0.2, 0.25) is 5.02 Å². The van der Waals surface area contributed by atoms with Crippen LogP contribution in [0, 0.1) is 0 Å². The average Bonchev–Trinajstić information content (AvgIpc) is 3.36. The molecule has 0 bridgehead atoms. The van der Waals surface area contributed by atoms with Crippen molar-refractivity contribution in [3.63, 3.8) is 0 Å². The number of hydrogen-bond donors (Lipinski definition) is 1. The topological polar surface area (TPSA) is 103 Å². The highest BCUT2D eigenvalue weighted by Crippen LogP contribution is 2.35. The Balaban J connectivity index is 1.83. The van der Waals surface area contributed by atoms with Crippen molar-refractivity contribution in [2.24, 2.45) is 5.10 Å². The van der Waals surface area contributed by atoms with Crippen LogP contribution in [0.15, 0.2) is 80.9 Å². The van der Waals surface area contributed by atoms with Crippen molar-refractivity contribution in [1.82, 2.24) is 14.6 Å². The molecule has 0 fully saturated rings. The first-order chi connectivity index (χ1) is 14.9. The van der Waals surface area contributed by atoms with Crippen LogP contribution in [0.5, 0.6) is 0 Å². The van der Waals surface area contributed by atoms with Gasteiger partial charge in [-0.15, -0.1) is 11.3 Å². The number of halogens is 1. The van der Waals surface area contributed by atoms with E-state index in [-0.39, 0.29) is 26.8 Å². The highest BCUT2D eigenvalue weighted by atomic mass is 35.5. The molecule has 3 aromatic heterocycles. The Bertz CT molecular complexity index is 1570. The number of benzene rings is 2. The van der Waals surface area contributed by atoms with Gasteiger partial charge in [0.25, 0.3) is 0 Å². The van der Waals surface area contributed by atoms with Gasteiger partial charge in [0.15, 0.2) is 5.65 Å². The van der Waals surface area contributed by atoms with Gasteiger partial charge >= 0.3 is 0 Å². The Morgan fingerprint density at radius 2 is 1.81 bits per heavy atom. The molecule has 10 heteroatoms. The molecule has 154 valence electrons. The number of hydrogen-bond acceptors (Lipinski definition) is 7. The molecule has 2 N–H and O–H groups in total. The van der Waals surface area contributed by atoms with Crippen LogP contribution in [0.3, 0.4) is 0 Å². The lowest BCUT2D eigenvalue weighted by Crippen LogP contribution is -2.06. The lowest BCUT2D eigenvalue weighted by atomic mass is 10.3. The summed E-state index contributed by atoms with van der Waals surface area (Å²) in [6.07, 6.45) is 1.60. The fourth-order valence-corrected chi connectivity index (χ4v) is 5.60. The van der Waals surface area contributed by atoms with Gasteiger partial charge in [-0.2, -0.15) is 9.78 Å². The van der Waals surface area contributed by atoms with Crippen LogP contribution < -0.4 is 5.73 Å². The predicted molar refractivity (Wildman–Crippen MR) is 124 cm³/mol. The minimum Gasteiger partial charge on any atom is -0.382 e. The lowest BCUT2D eigenvalue weighted by Gasteiger charge is -2.05. The zero-order chi connectivity index (χ0) is 21.6. The minimum absolute atomic E-state index is 0.0166. The molecule has 5 aromatic rings. The van der Waals surface area contributed by atoms with Gasteiger partial charge in [0.1, 0.15) is 16.2 Å². The molecule has 0 aliphatic heterocycles. The fourth-order valence-electron chi connectivity index (χ4n) is 3.24. The molecule has 0 saturated carbocycles. The number of anilines is 1. The maximum Gasteiger partial charge on any atom is 0.212 e. The molecule has 7 nitrogen and oxygen atoms in total. The van der Waals surface area contributed by atoms with E-state index in [1.165, 1.54) is 28.1 Å². The molecular formula is C21H14ClN5O2S2. The van der Waals surface area contributed by atoms with Crippen molar-refractivity contribution >= 4 is 67.0 Å². The van der Waals surface area contributed by atoms with Gasteiger partial charge in [-0.25, -0.2) is 18.4 Å². The van der Waals surface area contributed by atoms with Crippen molar-refractivity contribution in [2.75, 3.05) is 5.73 Å². The normalized spacial score (nSPS) is 12.3. The number of aromatic nitrogens is 3. The summed E-state index contributed by atoms with van der Waals surface area (Å²) in [4.78, 5) is 9.93. The molecule has 0 aliphatic carbocycles. The molecule has 0 saturated heterocycles. The van der Waals surface area contributed by atoms with E-state index in [1.54, 1.807) is 30.5 Å². The third kappa shape index (κ3) is 3.36. The summed E-state index contributed by atoms with van der Waals surface area (Å²) in [6.45, 7) is 0. The van der Waals surface area contributed by atoms with Crippen LogP contribution in [0.4, 0.5) is 5.82 Å². The highest BCUT2D eigenvalue weighted by molar-refractivity contribution is 7.92. The van der Waals surface area contributed by atoms with Gasteiger partial charge in [-0.05, 0) is 41.8 Å². The summed E-state index contributed by atoms with van der Waals surface area (Å²) < 4.78 is 28.4. The summed E-state index contributed by atoms with van der Waals surface area (Å²) in [5, 5.41) is 6.63. The third-order valence-electron chi connectivity index (χ3n) is 4.65. The van der Waals surface area contributed by atoms with E-state index in [9.17, 15) is 8.42 Å². The second-order valence-electron chi connectivity index (χ2n) is 6.63. The molecule has 0 atom stereocenters.